The average Bonchev–Trinajstić information content (AvgIpc) is 2.85. The molecule has 1 N–H and O–H groups in total. The molecule has 2 aliphatic rings. The molecule has 2 heterocycles. The smallest absolute Gasteiger partial charge is 0.276 e. The molecule has 1 atom stereocenters. The highest BCUT2D eigenvalue weighted by atomic mass is 19.4. The molecule has 1 amide bonds. The van der Waals surface area contributed by atoms with Gasteiger partial charge in [0.25, 0.3) is 5.91 Å². The van der Waals surface area contributed by atoms with Crippen molar-refractivity contribution in [2.75, 3.05) is 10.0 Å². The number of nitrogens with zero attached hydrogens (tertiary/aromatic N) is 3. The van der Waals surface area contributed by atoms with Crippen molar-refractivity contribution in [2.24, 2.45) is 0 Å². The number of fused-ring (bicyclic) bond motifs is 3. The van der Waals surface area contributed by atoms with Crippen molar-refractivity contribution in [1.82, 2.24) is 5.28 Å². The van der Waals surface area contributed by atoms with E-state index >= 15 is 0 Å². The zero-order valence-electron chi connectivity index (χ0n) is 13.2. The summed E-state index contributed by atoms with van der Waals surface area (Å²) in [5.74, 6) is -1.13. The molecular formula is C17H13F4N3O2. The van der Waals surface area contributed by atoms with Gasteiger partial charge in [0.2, 0.25) is 0 Å². The number of hydrazine groups is 2. The van der Waals surface area contributed by atoms with Crippen LogP contribution in [0.15, 0.2) is 42.5 Å². The fourth-order valence-corrected chi connectivity index (χ4v) is 3.38. The fourth-order valence-electron chi connectivity index (χ4n) is 3.38. The van der Waals surface area contributed by atoms with Gasteiger partial charge in [-0.15, -0.1) is 0 Å². The highest BCUT2D eigenvalue weighted by Gasteiger charge is 2.49. The van der Waals surface area contributed by atoms with Crippen molar-refractivity contribution < 1.29 is 27.6 Å². The lowest BCUT2D eigenvalue weighted by Crippen LogP contribution is -2.46. The number of halogens is 4. The Morgan fingerprint density at radius 1 is 1.08 bits per heavy atom. The maximum atomic E-state index is 14.3. The van der Waals surface area contributed by atoms with Gasteiger partial charge >= 0.3 is 6.18 Å². The van der Waals surface area contributed by atoms with E-state index < -0.39 is 29.5 Å². The zero-order chi connectivity index (χ0) is 18.6. The number of carbonyl (C=O) groups is 1. The third-order valence-electron chi connectivity index (χ3n) is 4.59. The van der Waals surface area contributed by atoms with Gasteiger partial charge in [0, 0.05) is 5.28 Å². The van der Waals surface area contributed by atoms with Gasteiger partial charge in [-0.2, -0.15) is 18.2 Å². The van der Waals surface area contributed by atoms with Crippen molar-refractivity contribution in [3.8, 4) is 0 Å². The van der Waals surface area contributed by atoms with Gasteiger partial charge in [-0.1, -0.05) is 12.1 Å². The van der Waals surface area contributed by atoms with Crippen LogP contribution in [0.4, 0.5) is 28.9 Å². The number of rotatable bonds is 1. The first kappa shape index (κ1) is 16.8. The summed E-state index contributed by atoms with van der Waals surface area (Å²) in [6, 6.07) is 7.46. The number of hydrogen-bond donors (Lipinski definition) is 1. The molecule has 0 aliphatic carbocycles. The quantitative estimate of drug-likeness (QED) is 0.784. The van der Waals surface area contributed by atoms with Crippen LogP contribution in [0.25, 0.3) is 0 Å². The number of anilines is 2. The lowest BCUT2D eigenvalue weighted by atomic mass is 9.97. The van der Waals surface area contributed by atoms with Crippen LogP contribution in [0, 0.1) is 5.82 Å². The maximum Gasteiger partial charge on any atom is 0.416 e. The topological polar surface area (TPSA) is 47.0 Å². The van der Waals surface area contributed by atoms with E-state index in [-0.39, 0.29) is 11.4 Å². The van der Waals surface area contributed by atoms with E-state index in [1.807, 2.05) is 0 Å². The van der Waals surface area contributed by atoms with E-state index in [0.29, 0.717) is 23.7 Å². The van der Waals surface area contributed by atoms with E-state index in [1.54, 1.807) is 12.1 Å². The summed E-state index contributed by atoms with van der Waals surface area (Å²) in [5, 5.41) is 12.9. The molecule has 0 bridgehead atoms. The lowest BCUT2D eigenvalue weighted by Gasteiger charge is -2.34. The van der Waals surface area contributed by atoms with E-state index in [0.717, 1.165) is 34.3 Å². The summed E-state index contributed by atoms with van der Waals surface area (Å²) >= 11 is 0. The van der Waals surface area contributed by atoms with E-state index in [1.165, 1.54) is 6.07 Å². The molecule has 26 heavy (non-hydrogen) atoms. The molecule has 0 saturated carbocycles. The lowest BCUT2D eigenvalue weighted by molar-refractivity contribution is -0.137. The number of alkyl halides is 3. The molecular weight excluding hydrogens is 354 g/mol. The molecule has 4 rings (SSSR count). The molecule has 2 aromatic rings. The highest BCUT2D eigenvalue weighted by Crippen LogP contribution is 2.40. The summed E-state index contributed by atoms with van der Waals surface area (Å²) in [6.07, 6.45) is -3.70. The first-order valence-corrected chi connectivity index (χ1v) is 7.85. The summed E-state index contributed by atoms with van der Waals surface area (Å²) in [7, 11) is 0. The third kappa shape index (κ3) is 2.43. The largest absolute Gasteiger partial charge is 0.416 e. The second-order valence-corrected chi connectivity index (χ2v) is 6.11. The zero-order valence-corrected chi connectivity index (χ0v) is 13.2. The van der Waals surface area contributed by atoms with Gasteiger partial charge in [-0.3, -0.25) is 10.0 Å². The highest BCUT2D eigenvalue weighted by molar-refractivity contribution is 6.01. The Hall–Kier alpha value is -2.65. The number of carbonyl (C=O) groups excluding carboxylic acids is 1. The van der Waals surface area contributed by atoms with E-state index in [9.17, 15) is 27.6 Å². The van der Waals surface area contributed by atoms with E-state index in [4.69, 9.17) is 0 Å². The normalized spacial score (nSPS) is 20.3. The second kappa shape index (κ2) is 5.68. The van der Waals surface area contributed by atoms with Gasteiger partial charge < -0.3 is 0 Å². The van der Waals surface area contributed by atoms with Crippen LogP contribution in [0.1, 0.15) is 17.5 Å². The molecule has 0 spiro atoms. The molecule has 5 nitrogen and oxygen atoms in total. The van der Waals surface area contributed by atoms with Crippen LogP contribution in [0.3, 0.4) is 0 Å². The summed E-state index contributed by atoms with van der Waals surface area (Å²) < 4.78 is 52.4. The standard InChI is InChI=1S/C17H13F4N3O2/c18-13-3-1-2-10-4-9-14-16(25)22(24(26)23(14)15(10)13)12-7-5-11(6-8-12)17(19,20)21/h1-3,5-8,14,26H,4,9H2. The molecule has 1 saturated heterocycles. The Balaban J connectivity index is 1.72. The number of para-hydroxylation sites is 1. The number of aryl methyl sites for hydroxylation is 1. The number of benzene rings is 2. The van der Waals surface area contributed by atoms with E-state index in [2.05, 4.69) is 0 Å². The Morgan fingerprint density at radius 3 is 2.42 bits per heavy atom. The maximum absolute atomic E-state index is 14.3. The molecule has 136 valence electrons. The van der Waals surface area contributed by atoms with Crippen molar-refractivity contribution in [3.63, 3.8) is 0 Å². The predicted molar refractivity (Wildman–Crippen MR) is 83.5 cm³/mol. The molecule has 2 aromatic carbocycles. The van der Waals surface area contributed by atoms with Crippen molar-refractivity contribution in [1.29, 1.82) is 0 Å². The minimum Gasteiger partial charge on any atom is -0.276 e. The summed E-state index contributed by atoms with van der Waals surface area (Å²) in [4.78, 5) is 12.7. The Bertz CT molecular complexity index is 869. The molecule has 0 aromatic heterocycles. The third-order valence-corrected chi connectivity index (χ3v) is 4.59. The monoisotopic (exact) mass is 367 g/mol. The molecule has 9 heteroatoms. The SMILES string of the molecule is O=C1C2CCc3cccc(F)c3N2N(O)N1c1ccc(C(F)(F)F)cc1. The first-order chi connectivity index (χ1) is 12.3. The van der Waals surface area contributed by atoms with Crippen LogP contribution in [0.5, 0.6) is 0 Å². The molecule has 1 fully saturated rings. The van der Waals surface area contributed by atoms with Crippen molar-refractivity contribution in [2.45, 2.75) is 25.1 Å². The molecule has 1 unspecified atom stereocenters. The van der Waals surface area contributed by atoms with Crippen LogP contribution in [-0.4, -0.2) is 22.4 Å². The fraction of sp³-hybridized carbons (Fsp3) is 0.235. The minimum atomic E-state index is -4.51. The van der Waals surface area contributed by atoms with Gasteiger partial charge in [0.05, 0.1) is 16.9 Å². The van der Waals surface area contributed by atoms with Crippen LogP contribution < -0.4 is 10.0 Å². The summed E-state index contributed by atoms with van der Waals surface area (Å²) in [5.41, 5.74) is -0.0827. The number of hydrogen-bond acceptors (Lipinski definition) is 4. The van der Waals surface area contributed by atoms with Gasteiger partial charge in [0.1, 0.15) is 11.9 Å². The van der Waals surface area contributed by atoms with Gasteiger partial charge in [-0.05, 0) is 48.7 Å². The van der Waals surface area contributed by atoms with Crippen molar-refractivity contribution in [3.05, 3.63) is 59.4 Å². The van der Waals surface area contributed by atoms with Gasteiger partial charge in [0.15, 0.2) is 0 Å². The van der Waals surface area contributed by atoms with Gasteiger partial charge in [-0.25, -0.2) is 9.40 Å². The van der Waals surface area contributed by atoms with Crippen LogP contribution in [0.2, 0.25) is 0 Å². The molecule has 0 radical (unpaired) electrons. The minimum absolute atomic E-state index is 0.0535. The summed E-state index contributed by atoms with van der Waals surface area (Å²) in [6.45, 7) is 0. The predicted octanol–water partition coefficient (Wildman–Crippen LogP) is 3.53. The second-order valence-electron chi connectivity index (χ2n) is 6.11. The van der Waals surface area contributed by atoms with Crippen molar-refractivity contribution >= 4 is 17.3 Å². The first-order valence-electron chi connectivity index (χ1n) is 7.85. The average molecular weight is 367 g/mol. The Morgan fingerprint density at radius 2 is 1.77 bits per heavy atom. The number of amides is 1. The van der Waals surface area contributed by atoms with Crippen LogP contribution >= 0.6 is 0 Å². The Labute approximate surface area is 145 Å². The Kier molecular flexibility index (Phi) is 3.67. The molecule has 2 aliphatic heterocycles. The van der Waals surface area contributed by atoms with Crippen LogP contribution in [-0.2, 0) is 17.4 Å².